The molecule has 0 aliphatic heterocycles. The number of hydrogen-bond acceptors (Lipinski definition) is 2. The van der Waals surface area contributed by atoms with Gasteiger partial charge in [0.2, 0.25) is 0 Å². The van der Waals surface area contributed by atoms with Gasteiger partial charge in [0.25, 0.3) is 0 Å². The molecule has 86 valence electrons. The maximum Gasteiger partial charge on any atom is 0.133 e. The Morgan fingerprint density at radius 3 is 2.41 bits per heavy atom. The lowest BCUT2D eigenvalue weighted by Crippen LogP contribution is -2.29. The fraction of sp³-hybridized carbons (Fsp3) is 0.333. The van der Waals surface area contributed by atoms with E-state index in [1.807, 2.05) is 24.3 Å². The van der Waals surface area contributed by atoms with Crippen LogP contribution in [0.15, 0.2) is 42.5 Å². The lowest BCUT2D eigenvalue weighted by molar-refractivity contribution is -0.121. The van der Waals surface area contributed by atoms with Gasteiger partial charge >= 0.3 is 0 Å². The molecule has 2 nitrogen and oxygen atoms in total. The largest absolute Gasteiger partial charge is 0.300 e. The molecule has 1 aromatic rings. The topological polar surface area (TPSA) is 40.9 Å². The van der Waals surface area contributed by atoms with Crippen LogP contribution in [0.25, 0.3) is 0 Å². The van der Waals surface area contributed by atoms with E-state index in [2.05, 4.69) is 18.2 Å². The van der Waals surface area contributed by atoms with Crippen LogP contribution in [-0.2, 0) is 10.2 Å². The van der Waals surface area contributed by atoms with Crippen LogP contribution >= 0.6 is 0 Å². The van der Waals surface area contributed by atoms with Crippen molar-refractivity contribution in [1.82, 2.24) is 0 Å². The van der Waals surface area contributed by atoms with E-state index in [0.717, 1.165) is 12.8 Å². The fourth-order valence-corrected chi connectivity index (χ4v) is 2.49. The second-order valence-electron chi connectivity index (χ2n) is 4.52. The standard InChI is InChI=1S/C15H15NO/c16-12-4-9-15(10-7-14(17)8-11-15)13-5-2-1-3-6-13/h1-6,9H,7-8,10-11H2. The Hall–Kier alpha value is -1.88. The van der Waals surface area contributed by atoms with Crippen molar-refractivity contribution in [1.29, 1.82) is 5.26 Å². The highest BCUT2D eigenvalue weighted by Crippen LogP contribution is 2.39. The molecule has 0 radical (unpaired) electrons. The Balaban J connectivity index is 2.35. The summed E-state index contributed by atoms with van der Waals surface area (Å²) in [7, 11) is 0. The molecule has 0 N–H and O–H groups in total. The van der Waals surface area contributed by atoms with E-state index in [-0.39, 0.29) is 5.41 Å². The fourth-order valence-electron chi connectivity index (χ4n) is 2.49. The highest BCUT2D eigenvalue weighted by molar-refractivity contribution is 5.79. The molecule has 17 heavy (non-hydrogen) atoms. The second kappa shape index (κ2) is 4.97. The number of carbonyl (C=O) groups excluding carboxylic acids is 1. The van der Waals surface area contributed by atoms with Gasteiger partial charge < -0.3 is 0 Å². The molecule has 1 aliphatic carbocycles. The van der Waals surface area contributed by atoms with Gasteiger partial charge in [-0.25, -0.2) is 0 Å². The predicted octanol–water partition coefficient (Wildman–Crippen LogP) is 3.15. The highest BCUT2D eigenvalue weighted by atomic mass is 16.1. The molecule has 0 atom stereocenters. The number of carbonyl (C=O) groups is 1. The van der Waals surface area contributed by atoms with Crippen LogP contribution in [-0.4, -0.2) is 5.78 Å². The molecule has 1 aliphatic rings. The first-order valence-electron chi connectivity index (χ1n) is 5.91. The molecule has 2 rings (SSSR count). The molecular formula is C15H15NO. The zero-order valence-corrected chi connectivity index (χ0v) is 9.73. The second-order valence-corrected chi connectivity index (χ2v) is 4.52. The van der Waals surface area contributed by atoms with Crippen LogP contribution in [0, 0.1) is 11.3 Å². The van der Waals surface area contributed by atoms with E-state index in [4.69, 9.17) is 5.26 Å². The van der Waals surface area contributed by atoms with Gasteiger partial charge in [0.1, 0.15) is 5.78 Å². The van der Waals surface area contributed by atoms with Gasteiger partial charge in [0, 0.05) is 24.3 Å². The van der Waals surface area contributed by atoms with Crippen molar-refractivity contribution >= 4 is 5.78 Å². The van der Waals surface area contributed by atoms with Gasteiger partial charge in [-0.3, -0.25) is 4.79 Å². The first-order valence-corrected chi connectivity index (χ1v) is 5.91. The number of allylic oxidation sites excluding steroid dienone is 2. The third kappa shape index (κ3) is 2.45. The lowest BCUT2D eigenvalue weighted by atomic mass is 9.69. The Morgan fingerprint density at radius 1 is 1.18 bits per heavy atom. The van der Waals surface area contributed by atoms with Gasteiger partial charge in [-0.1, -0.05) is 36.4 Å². The van der Waals surface area contributed by atoms with Gasteiger partial charge in [0.05, 0.1) is 6.07 Å². The van der Waals surface area contributed by atoms with Crippen molar-refractivity contribution in [3.8, 4) is 6.07 Å². The molecule has 1 fully saturated rings. The maximum absolute atomic E-state index is 11.4. The summed E-state index contributed by atoms with van der Waals surface area (Å²) in [4.78, 5) is 11.4. The van der Waals surface area contributed by atoms with E-state index >= 15 is 0 Å². The van der Waals surface area contributed by atoms with E-state index in [1.165, 1.54) is 5.56 Å². The maximum atomic E-state index is 11.4. The monoisotopic (exact) mass is 225 g/mol. The van der Waals surface area contributed by atoms with E-state index in [0.29, 0.717) is 18.6 Å². The summed E-state index contributed by atoms with van der Waals surface area (Å²) < 4.78 is 0. The average molecular weight is 225 g/mol. The average Bonchev–Trinajstić information content (AvgIpc) is 2.40. The van der Waals surface area contributed by atoms with Gasteiger partial charge in [-0.15, -0.1) is 0 Å². The normalized spacial score (nSPS) is 19.1. The quantitative estimate of drug-likeness (QED) is 0.725. The minimum absolute atomic E-state index is 0.120. The van der Waals surface area contributed by atoms with E-state index < -0.39 is 0 Å². The molecule has 0 unspecified atom stereocenters. The van der Waals surface area contributed by atoms with Crippen molar-refractivity contribution in [2.75, 3.05) is 0 Å². The third-order valence-electron chi connectivity index (χ3n) is 3.53. The molecule has 2 heteroatoms. The molecule has 0 spiro atoms. The number of benzene rings is 1. The number of rotatable bonds is 2. The molecule has 0 saturated heterocycles. The van der Waals surface area contributed by atoms with E-state index in [1.54, 1.807) is 6.08 Å². The molecule has 0 bridgehead atoms. The SMILES string of the molecule is N#CC=CC1(c2ccccc2)CCC(=O)CC1. The lowest BCUT2D eigenvalue weighted by Gasteiger charge is -2.34. The molecule has 0 aromatic heterocycles. The van der Waals surface area contributed by atoms with Crippen molar-refractivity contribution in [2.45, 2.75) is 31.1 Å². The summed E-state index contributed by atoms with van der Waals surface area (Å²) in [6.07, 6.45) is 6.37. The summed E-state index contributed by atoms with van der Waals surface area (Å²) in [5.41, 5.74) is 1.09. The van der Waals surface area contributed by atoms with Crippen molar-refractivity contribution in [2.24, 2.45) is 0 Å². The van der Waals surface area contributed by atoms with Gasteiger partial charge in [0.15, 0.2) is 0 Å². The van der Waals surface area contributed by atoms with Crippen LogP contribution in [0.5, 0.6) is 0 Å². The first-order chi connectivity index (χ1) is 8.27. The summed E-state index contributed by atoms with van der Waals surface area (Å²) in [6.45, 7) is 0. The molecule has 0 heterocycles. The van der Waals surface area contributed by atoms with Crippen LogP contribution in [0.2, 0.25) is 0 Å². The minimum atomic E-state index is -0.120. The van der Waals surface area contributed by atoms with Crippen LogP contribution in [0.3, 0.4) is 0 Å². The predicted molar refractivity (Wildman–Crippen MR) is 66.3 cm³/mol. The summed E-state index contributed by atoms with van der Waals surface area (Å²) in [5.74, 6) is 0.335. The number of hydrogen-bond donors (Lipinski definition) is 0. The number of Topliss-reactive ketones (excluding diaryl/α,β-unsaturated/α-hetero) is 1. The first kappa shape index (κ1) is 11.6. The van der Waals surface area contributed by atoms with Gasteiger partial charge in [-0.2, -0.15) is 5.26 Å². The number of ketones is 1. The summed E-state index contributed by atoms with van der Waals surface area (Å²) in [5, 5.41) is 8.71. The number of nitrogens with zero attached hydrogens (tertiary/aromatic N) is 1. The van der Waals surface area contributed by atoms with Crippen LogP contribution in [0.4, 0.5) is 0 Å². The molecular weight excluding hydrogens is 210 g/mol. The zero-order chi connectivity index (χ0) is 12.1. The molecule has 1 saturated carbocycles. The number of nitriles is 1. The smallest absolute Gasteiger partial charge is 0.133 e. The summed E-state index contributed by atoms with van der Waals surface area (Å²) >= 11 is 0. The van der Waals surface area contributed by atoms with Crippen molar-refractivity contribution in [3.63, 3.8) is 0 Å². The Morgan fingerprint density at radius 2 is 1.82 bits per heavy atom. The summed E-state index contributed by atoms with van der Waals surface area (Å²) in [6, 6.07) is 12.2. The van der Waals surface area contributed by atoms with Crippen LogP contribution < -0.4 is 0 Å². The molecule has 0 amide bonds. The minimum Gasteiger partial charge on any atom is -0.300 e. The Kier molecular flexibility index (Phi) is 3.39. The highest BCUT2D eigenvalue weighted by Gasteiger charge is 2.33. The molecule has 1 aromatic carbocycles. The van der Waals surface area contributed by atoms with Gasteiger partial charge in [-0.05, 0) is 18.4 Å². The zero-order valence-electron chi connectivity index (χ0n) is 9.73. The van der Waals surface area contributed by atoms with Crippen molar-refractivity contribution < 1.29 is 4.79 Å². The van der Waals surface area contributed by atoms with Crippen LogP contribution in [0.1, 0.15) is 31.2 Å². The Bertz CT molecular complexity index is 457. The van der Waals surface area contributed by atoms with E-state index in [9.17, 15) is 4.79 Å². The Labute approximate surface area is 102 Å². The van der Waals surface area contributed by atoms with Crippen molar-refractivity contribution in [3.05, 3.63) is 48.0 Å². The third-order valence-corrected chi connectivity index (χ3v) is 3.53.